The summed E-state index contributed by atoms with van der Waals surface area (Å²) in [7, 11) is -4.29. The van der Waals surface area contributed by atoms with E-state index in [-0.39, 0.29) is 11.5 Å². The van der Waals surface area contributed by atoms with Crippen molar-refractivity contribution < 1.29 is 22.7 Å². The van der Waals surface area contributed by atoms with Gasteiger partial charge in [0.25, 0.3) is 9.84 Å². The molecular weight excluding hydrogens is 244 g/mol. The molecular formula is C11H12O5S. The molecule has 6 heteroatoms. The Morgan fingerprint density at radius 3 is 2.18 bits per heavy atom. The van der Waals surface area contributed by atoms with Crippen molar-refractivity contribution in [3.63, 3.8) is 0 Å². The second-order valence-corrected chi connectivity index (χ2v) is 5.17. The first-order chi connectivity index (χ1) is 7.89. The van der Waals surface area contributed by atoms with Crippen LogP contribution in [0.25, 0.3) is 0 Å². The molecule has 17 heavy (non-hydrogen) atoms. The summed E-state index contributed by atoms with van der Waals surface area (Å²) in [5.74, 6) is -1.35. The fourth-order valence-corrected chi connectivity index (χ4v) is 2.11. The van der Waals surface area contributed by atoms with Crippen LogP contribution in [-0.2, 0) is 24.2 Å². The van der Waals surface area contributed by atoms with Crippen LogP contribution in [0.15, 0.2) is 29.2 Å². The Kier molecular flexibility index (Phi) is 4.01. The minimum absolute atomic E-state index is 0.0476. The second-order valence-electron chi connectivity index (χ2n) is 3.32. The molecule has 92 valence electrons. The first-order valence-corrected chi connectivity index (χ1v) is 6.40. The molecule has 0 heterocycles. The third kappa shape index (κ3) is 2.91. The lowest BCUT2D eigenvalue weighted by atomic mass is 10.2. The molecule has 0 aliphatic carbocycles. The first kappa shape index (κ1) is 13.4. The van der Waals surface area contributed by atoms with E-state index in [1.54, 1.807) is 19.1 Å². The summed E-state index contributed by atoms with van der Waals surface area (Å²) in [5, 5.41) is -1.54. The molecule has 0 aromatic heterocycles. The van der Waals surface area contributed by atoms with Crippen LogP contribution in [-0.4, -0.2) is 26.1 Å². The topological polar surface area (TPSA) is 77.5 Å². The van der Waals surface area contributed by atoms with E-state index in [0.717, 1.165) is 5.56 Å². The van der Waals surface area contributed by atoms with Crippen molar-refractivity contribution in [3.8, 4) is 0 Å². The molecule has 0 radical (unpaired) electrons. The lowest BCUT2D eigenvalue weighted by molar-refractivity contribution is -0.149. The lowest BCUT2D eigenvalue weighted by Gasteiger charge is -2.03. The van der Waals surface area contributed by atoms with Gasteiger partial charge >= 0.3 is 11.1 Å². The van der Waals surface area contributed by atoms with Crippen LogP contribution in [0.2, 0.25) is 0 Å². The highest BCUT2D eigenvalue weighted by Crippen LogP contribution is 2.13. The minimum Gasteiger partial charge on any atom is -0.459 e. The average molecular weight is 256 g/mol. The zero-order valence-electron chi connectivity index (χ0n) is 9.47. The van der Waals surface area contributed by atoms with Gasteiger partial charge in [0, 0.05) is 0 Å². The lowest BCUT2D eigenvalue weighted by Crippen LogP contribution is -2.26. The molecule has 0 aliphatic rings. The van der Waals surface area contributed by atoms with Crippen molar-refractivity contribution in [2.75, 3.05) is 6.61 Å². The van der Waals surface area contributed by atoms with Crippen LogP contribution in [0.3, 0.4) is 0 Å². The first-order valence-electron chi connectivity index (χ1n) is 4.92. The molecule has 5 nitrogen and oxygen atoms in total. The Hall–Kier alpha value is -1.69. The Morgan fingerprint density at radius 2 is 1.71 bits per heavy atom. The van der Waals surface area contributed by atoms with Crippen molar-refractivity contribution in [2.45, 2.75) is 18.7 Å². The van der Waals surface area contributed by atoms with Crippen molar-refractivity contribution in [1.82, 2.24) is 0 Å². The van der Waals surface area contributed by atoms with Gasteiger partial charge < -0.3 is 4.74 Å². The van der Waals surface area contributed by atoms with Gasteiger partial charge in [0.2, 0.25) is 0 Å². The van der Waals surface area contributed by atoms with Crippen LogP contribution in [0, 0.1) is 6.92 Å². The molecule has 0 bridgehead atoms. The molecule has 0 spiro atoms. The van der Waals surface area contributed by atoms with Crippen molar-refractivity contribution in [2.24, 2.45) is 0 Å². The number of ether oxygens (including phenoxy) is 1. The minimum atomic E-state index is -4.29. The molecule has 0 saturated heterocycles. The van der Waals surface area contributed by atoms with Gasteiger partial charge in [-0.2, -0.15) is 0 Å². The molecule has 0 saturated carbocycles. The maximum atomic E-state index is 11.7. The highest BCUT2D eigenvalue weighted by atomic mass is 32.2. The quantitative estimate of drug-likeness (QED) is 0.579. The van der Waals surface area contributed by atoms with Gasteiger partial charge in [0.1, 0.15) is 0 Å². The monoisotopic (exact) mass is 256 g/mol. The molecule has 1 aromatic rings. The Labute approximate surface area is 99.3 Å². The van der Waals surface area contributed by atoms with Crippen LogP contribution in [0.4, 0.5) is 0 Å². The van der Waals surface area contributed by atoms with Gasteiger partial charge in [-0.3, -0.25) is 4.79 Å². The van der Waals surface area contributed by atoms with E-state index in [1.807, 2.05) is 0 Å². The largest absolute Gasteiger partial charge is 0.459 e. The molecule has 1 aromatic carbocycles. The second kappa shape index (κ2) is 5.09. The number of hydrogen-bond donors (Lipinski definition) is 0. The zero-order valence-corrected chi connectivity index (χ0v) is 10.3. The molecule has 0 amide bonds. The number of sulfone groups is 1. The van der Waals surface area contributed by atoms with Crippen molar-refractivity contribution in [3.05, 3.63) is 29.8 Å². The highest BCUT2D eigenvalue weighted by Gasteiger charge is 2.32. The standard InChI is InChI=1S/C11H12O5S/c1-3-16-10(12)11(13)17(14,15)9-6-4-8(2)5-7-9/h4-7H,3H2,1-2H3. The number of rotatable bonds is 2. The molecule has 0 atom stereocenters. The van der Waals surface area contributed by atoms with Crippen molar-refractivity contribution >= 4 is 20.9 Å². The molecule has 0 N–H and O–H groups in total. The Bertz CT molecular complexity index is 527. The van der Waals surface area contributed by atoms with Gasteiger partial charge in [-0.1, -0.05) is 17.7 Å². The summed E-state index contributed by atoms with van der Waals surface area (Å²) in [6.45, 7) is 3.22. The fourth-order valence-electron chi connectivity index (χ4n) is 1.12. The number of hydrogen-bond acceptors (Lipinski definition) is 5. The average Bonchev–Trinajstić information content (AvgIpc) is 2.29. The summed E-state index contributed by atoms with van der Waals surface area (Å²) in [6.07, 6.45) is 0. The van der Waals surface area contributed by atoms with Crippen LogP contribution in [0.5, 0.6) is 0 Å². The smallest absolute Gasteiger partial charge is 0.391 e. The molecule has 0 unspecified atom stereocenters. The predicted molar refractivity (Wildman–Crippen MR) is 60.0 cm³/mol. The summed E-state index contributed by atoms with van der Waals surface area (Å²) < 4.78 is 27.8. The maximum absolute atomic E-state index is 11.7. The normalized spacial score (nSPS) is 10.9. The molecule has 0 aliphatic heterocycles. The van der Waals surface area contributed by atoms with Gasteiger partial charge in [-0.15, -0.1) is 0 Å². The summed E-state index contributed by atoms with van der Waals surface area (Å²) in [5.41, 5.74) is 0.854. The Balaban J connectivity index is 3.07. The molecule has 1 rings (SSSR count). The third-order valence-electron chi connectivity index (χ3n) is 2.02. The van der Waals surface area contributed by atoms with Gasteiger partial charge in [-0.25, -0.2) is 13.2 Å². The van der Waals surface area contributed by atoms with E-state index in [9.17, 15) is 18.0 Å². The number of esters is 1. The summed E-state index contributed by atoms with van der Waals surface area (Å²) in [4.78, 5) is 22.2. The third-order valence-corrected chi connectivity index (χ3v) is 3.57. The van der Waals surface area contributed by atoms with Gasteiger partial charge in [0.15, 0.2) is 0 Å². The SMILES string of the molecule is CCOC(=O)C(=O)S(=O)(=O)c1ccc(C)cc1. The van der Waals surface area contributed by atoms with E-state index in [1.165, 1.54) is 19.1 Å². The Morgan fingerprint density at radius 1 is 1.18 bits per heavy atom. The van der Waals surface area contributed by atoms with E-state index in [4.69, 9.17) is 0 Å². The van der Waals surface area contributed by atoms with E-state index in [0.29, 0.717) is 0 Å². The predicted octanol–water partition coefficient (Wildman–Crippen LogP) is 0.858. The summed E-state index contributed by atoms with van der Waals surface area (Å²) >= 11 is 0. The number of carbonyl (C=O) groups is 2. The van der Waals surface area contributed by atoms with Gasteiger partial charge in [0.05, 0.1) is 11.5 Å². The summed E-state index contributed by atoms with van der Waals surface area (Å²) in [6, 6.07) is 5.65. The van der Waals surface area contributed by atoms with Crippen LogP contribution in [0.1, 0.15) is 12.5 Å². The van der Waals surface area contributed by atoms with E-state index in [2.05, 4.69) is 4.74 Å². The number of benzene rings is 1. The molecule has 0 fully saturated rings. The zero-order chi connectivity index (χ0) is 13.1. The number of carbonyl (C=O) groups excluding carboxylic acids is 2. The fraction of sp³-hybridized carbons (Fsp3) is 0.273. The van der Waals surface area contributed by atoms with E-state index >= 15 is 0 Å². The van der Waals surface area contributed by atoms with Crippen molar-refractivity contribution in [1.29, 1.82) is 0 Å². The number of aryl methyl sites for hydroxylation is 1. The maximum Gasteiger partial charge on any atom is 0.391 e. The van der Waals surface area contributed by atoms with E-state index < -0.39 is 20.9 Å². The van der Waals surface area contributed by atoms with Crippen LogP contribution < -0.4 is 0 Å². The van der Waals surface area contributed by atoms with Crippen LogP contribution >= 0.6 is 0 Å². The van der Waals surface area contributed by atoms with Gasteiger partial charge in [-0.05, 0) is 26.0 Å². The highest BCUT2D eigenvalue weighted by molar-refractivity contribution is 8.08.